The molecule has 2 saturated heterocycles. The van der Waals surface area contributed by atoms with Crippen LogP contribution in [0.2, 0.25) is 0 Å². The van der Waals surface area contributed by atoms with E-state index in [1.807, 2.05) is 30.3 Å². The van der Waals surface area contributed by atoms with E-state index in [1.54, 1.807) is 13.8 Å². The Kier molecular flexibility index (Phi) is 4.39. The van der Waals surface area contributed by atoms with Gasteiger partial charge < -0.3 is 24.5 Å². The van der Waals surface area contributed by atoms with Crippen molar-refractivity contribution in [3.8, 4) is 0 Å². The number of carbonyl (C=O) groups is 1. The van der Waals surface area contributed by atoms with Gasteiger partial charge in [-0.15, -0.1) is 0 Å². The number of benzene rings is 1. The van der Waals surface area contributed by atoms with Gasteiger partial charge in [0, 0.05) is 0 Å². The van der Waals surface area contributed by atoms with Crippen LogP contribution in [0.25, 0.3) is 5.53 Å². The quantitative estimate of drug-likeness (QED) is 0.464. The van der Waals surface area contributed by atoms with Gasteiger partial charge in [-0.25, -0.2) is 0 Å². The number of fused-ring (bicyclic) bond motifs is 1. The molecule has 7 nitrogen and oxygen atoms in total. The molecule has 2 aliphatic rings. The molecule has 2 heterocycles. The summed E-state index contributed by atoms with van der Waals surface area (Å²) in [6, 6.07) is 9.58. The van der Waals surface area contributed by atoms with Crippen molar-refractivity contribution in [2.75, 3.05) is 0 Å². The summed E-state index contributed by atoms with van der Waals surface area (Å²) >= 11 is 0. The number of rotatable bonds is 5. The third-order valence-electron chi connectivity index (χ3n) is 3.74. The third kappa shape index (κ3) is 3.39. The molecule has 0 bridgehead atoms. The molecule has 2 aliphatic heterocycles. The van der Waals surface area contributed by atoms with E-state index in [2.05, 4.69) is 4.79 Å². The first kappa shape index (κ1) is 16.0. The van der Waals surface area contributed by atoms with Crippen LogP contribution in [0, 0.1) is 0 Å². The maximum atomic E-state index is 12.0. The summed E-state index contributed by atoms with van der Waals surface area (Å²) in [4.78, 5) is 14.8. The van der Waals surface area contributed by atoms with Crippen molar-refractivity contribution in [2.24, 2.45) is 0 Å². The van der Waals surface area contributed by atoms with E-state index in [0.29, 0.717) is 6.61 Å². The van der Waals surface area contributed by atoms with E-state index in [4.69, 9.17) is 24.5 Å². The van der Waals surface area contributed by atoms with Crippen molar-refractivity contribution in [3.05, 3.63) is 41.4 Å². The van der Waals surface area contributed by atoms with E-state index in [-0.39, 0.29) is 0 Å². The normalized spacial score (nSPS) is 31.4. The molecule has 0 aliphatic carbocycles. The molecule has 1 aromatic rings. The van der Waals surface area contributed by atoms with Gasteiger partial charge >= 0.3 is 6.21 Å². The van der Waals surface area contributed by atoms with Gasteiger partial charge in [-0.3, -0.25) is 4.79 Å². The molecule has 7 heteroatoms. The molecular formula is C16H18N2O5. The predicted octanol–water partition coefficient (Wildman–Crippen LogP) is 1.32. The molecule has 0 aromatic heterocycles. The van der Waals surface area contributed by atoms with Crippen LogP contribution in [0.3, 0.4) is 0 Å². The van der Waals surface area contributed by atoms with Crippen molar-refractivity contribution in [2.45, 2.75) is 50.8 Å². The number of nitrogens with zero attached hydrogens (tertiary/aromatic N) is 2. The first-order chi connectivity index (χ1) is 11.0. The lowest BCUT2D eigenvalue weighted by Gasteiger charge is -2.24. The van der Waals surface area contributed by atoms with Gasteiger partial charge in [-0.2, -0.15) is 4.79 Å². The fourth-order valence-electron chi connectivity index (χ4n) is 2.79. The molecule has 0 radical (unpaired) electrons. The van der Waals surface area contributed by atoms with Crippen molar-refractivity contribution in [3.63, 3.8) is 0 Å². The zero-order valence-corrected chi connectivity index (χ0v) is 12.9. The summed E-state index contributed by atoms with van der Waals surface area (Å²) < 4.78 is 22.9. The van der Waals surface area contributed by atoms with Crippen LogP contribution in [0.15, 0.2) is 30.3 Å². The topological polar surface area (TPSA) is 90.4 Å². The molecule has 23 heavy (non-hydrogen) atoms. The van der Waals surface area contributed by atoms with Crippen molar-refractivity contribution < 1.29 is 28.5 Å². The average molecular weight is 318 g/mol. The molecule has 0 N–H and O–H groups in total. The van der Waals surface area contributed by atoms with Gasteiger partial charge in [0.25, 0.3) is 5.78 Å². The molecule has 0 unspecified atom stereocenters. The number of Topliss-reactive ketones (excluding diaryl/α,β-unsaturated/α-hetero) is 1. The van der Waals surface area contributed by atoms with Gasteiger partial charge in [0.2, 0.25) is 0 Å². The summed E-state index contributed by atoms with van der Waals surface area (Å²) in [5, 5.41) is 0. The van der Waals surface area contributed by atoms with E-state index >= 15 is 0 Å². The largest absolute Gasteiger partial charge is 0.367 e. The van der Waals surface area contributed by atoms with Crippen molar-refractivity contribution in [1.82, 2.24) is 0 Å². The second-order valence-electron chi connectivity index (χ2n) is 5.93. The minimum Gasteiger partial charge on any atom is -0.367 e. The molecule has 1 aromatic carbocycles. The maximum Gasteiger partial charge on any atom is 0.326 e. The Morgan fingerprint density at radius 2 is 2.09 bits per heavy atom. The van der Waals surface area contributed by atoms with Gasteiger partial charge in [-0.1, -0.05) is 30.3 Å². The first-order valence-electron chi connectivity index (χ1n) is 7.38. The van der Waals surface area contributed by atoms with Crippen molar-refractivity contribution in [1.29, 1.82) is 0 Å². The van der Waals surface area contributed by atoms with Gasteiger partial charge in [0.15, 0.2) is 18.2 Å². The lowest BCUT2D eigenvalue weighted by molar-refractivity contribution is -0.217. The highest BCUT2D eigenvalue weighted by Gasteiger charge is 2.57. The van der Waals surface area contributed by atoms with Crippen LogP contribution in [-0.4, -0.2) is 47.2 Å². The van der Waals surface area contributed by atoms with Gasteiger partial charge in [-0.05, 0) is 19.4 Å². The van der Waals surface area contributed by atoms with Crippen LogP contribution < -0.4 is 0 Å². The predicted molar refractivity (Wildman–Crippen MR) is 78.4 cm³/mol. The monoisotopic (exact) mass is 318 g/mol. The van der Waals surface area contributed by atoms with E-state index < -0.39 is 36.2 Å². The van der Waals surface area contributed by atoms with Gasteiger partial charge in [0.1, 0.15) is 12.2 Å². The molecule has 2 fully saturated rings. The third-order valence-corrected chi connectivity index (χ3v) is 3.74. The highest BCUT2D eigenvalue weighted by Crippen LogP contribution is 2.39. The second-order valence-corrected chi connectivity index (χ2v) is 5.93. The summed E-state index contributed by atoms with van der Waals surface area (Å²) in [6.45, 7) is 3.85. The van der Waals surface area contributed by atoms with Gasteiger partial charge in [0.05, 0.1) is 6.61 Å². The van der Waals surface area contributed by atoms with E-state index in [9.17, 15) is 4.79 Å². The summed E-state index contributed by atoms with van der Waals surface area (Å²) in [6.07, 6.45) is -1.98. The summed E-state index contributed by atoms with van der Waals surface area (Å²) in [5.74, 6) is -1.30. The number of hydrogen-bond acceptors (Lipinski definition) is 5. The fraction of sp³-hybridized carbons (Fsp3) is 0.500. The SMILES string of the molecule is CC1(C)O[C@H]2O[C@H](C(=O)C=[N+]=[N-])[C@H](OCc3ccccc3)[C@H]2O1. The van der Waals surface area contributed by atoms with E-state index in [1.165, 1.54) is 0 Å². The highest BCUT2D eigenvalue weighted by atomic mass is 16.8. The minimum atomic E-state index is -0.930. The van der Waals surface area contributed by atoms with E-state index in [0.717, 1.165) is 11.8 Å². The average Bonchev–Trinajstić information content (AvgIpc) is 2.98. The molecule has 4 atom stereocenters. The van der Waals surface area contributed by atoms with Crippen LogP contribution in [0.4, 0.5) is 0 Å². The standard InChI is InChI=1S/C16H18N2O5/c1-16(2)22-14-13(20-9-10-6-4-3-5-7-10)12(11(19)8-18-17)21-15(14)23-16/h3-8,12-15H,9H2,1-2H3/t12-,13+,14-,15-/m1/s1. The van der Waals surface area contributed by atoms with Crippen LogP contribution in [0.5, 0.6) is 0 Å². The Morgan fingerprint density at radius 1 is 1.35 bits per heavy atom. The lowest BCUT2D eigenvalue weighted by Crippen LogP contribution is -2.41. The van der Waals surface area contributed by atoms with Crippen LogP contribution in [0.1, 0.15) is 19.4 Å². The fourth-order valence-corrected chi connectivity index (χ4v) is 2.79. The number of ether oxygens (including phenoxy) is 4. The summed E-state index contributed by atoms with van der Waals surface area (Å²) in [7, 11) is 0. The zero-order valence-electron chi connectivity index (χ0n) is 12.9. The Morgan fingerprint density at radius 3 is 2.78 bits per heavy atom. The Balaban J connectivity index is 1.76. The van der Waals surface area contributed by atoms with Crippen molar-refractivity contribution >= 4 is 12.0 Å². The Hall–Kier alpha value is -1.89. The Labute approximate surface area is 133 Å². The molecule has 3 rings (SSSR count). The number of carbonyl (C=O) groups excluding carboxylic acids is 1. The maximum absolute atomic E-state index is 12.0. The number of hydrogen-bond donors (Lipinski definition) is 0. The number of ketones is 1. The highest BCUT2D eigenvalue weighted by molar-refractivity contribution is 6.27. The lowest BCUT2D eigenvalue weighted by atomic mass is 10.1. The molecule has 0 spiro atoms. The Bertz CT molecular complexity index is 627. The molecule has 122 valence electrons. The van der Waals surface area contributed by atoms with Crippen LogP contribution in [-0.2, 0) is 30.3 Å². The zero-order chi connectivity index (χ0) is 16.4. The summed E-state index contributed by atoms with van der Waals surface area (Å²) in [5.41, 5.74) is 9.54. The van der Waals surface area contributed by atoms with Crippen LogP contribution >= 0.6 is 0 Å². The first-order valence-corrected chi connectivity index (χ1v) is 7.38. The minimum absolute atomic E-state index is 0.307. The second kappa shape index (κ2) is 6.31. The molecule has 0 saturated carbocycles. The molecular weight excluding hydrogens is 300 g/mol. The smallest absolute Gasteiger partial charge is 0.326 e. The molecule has 0 amide bonds.